The van der Waals surface area contributed by atoms with E-state index in [4.69, 9.17) is 4.74 Å². The summed E-state index contributed by atoms with van der Waals surface area (Å²) in [5, 5.41) is 0. The van der Waals surface area contributed by atoms with E-state index in [9.17, 15) is 0 Å². The van der Waals surface area contributed by atoms with Gasteiger partial charge in [0, 0.05) is 0 Å². The maximum Gasteiger partial charge on any atom is 0.119 e. The molecule has 1 aromatic rings. The molecule has 2 rings (SSSR count). The summed E-state index contributed by atoms with van der Waals surface area (Å²) in [6, 6.07) is 8.50. The zero-order chi connectivity index (χ0) is 11.8. The van der Waals surface area contributed by atoms with Gasteiger partial charge in [0.1, 0.15) is 5.75 Å². The predicted octanol–water partition coefficient (Wildman–Crippen LogP) is 4.60. The summed E-state index contributed by atoms with van der Waals surface area (Å²) in [5.41, 5.74) is 1.38. The van der Waals surface area contributed by atoms with Crippen molar-refractivity contribution in [1.29, 1.82) is 0 Å². The first-order chi connectivity index (χ1) is 7.88. The second-order valence-corrected chi connectivity index (χ2v) is 4.02. The van der Waals surface area contributed by atoms with Gasteiger partial charge in [-0.15, -0.1) is 0 Å². The summed E-state index contributed by atoms with van der Waals surface area (Å²) >= 11 is 0. The van der Waals surface area contributed by atoms with Crippen LogP contribution in [-0.4, -0.2) is 6.10 Å². The third-order valence-electron chi connectivity index (χ3n) is 2.94. The molecule has 1 nitrogen and oxygen atoms in total. The monoisotopic (exact) mass is 220 g/mol. The van der Waals surface area contributed by atoms with Crippen LogP contribution >= 0.6 is 0 Å². The largest absolute Gasteiger partial charge is 0.490 e. The van der Waals surface area contributed by atoms with Gasteiger partial charge >= 0.3 is 0 Å². The molecule has 1 heteroatoms. The van der Waals surface area contributed by atoms with Gasteiger partial charge in [0.2, 0.25) is 0 Å². The van der Waals surface area contributed by atoms with Crippen molar-refractivity contribution in [3.63, 3.8) is 0 Å². The van der Waals surface area contributed by atoms with Gasteiger partial charge in [0.25, 0.3) is 0 Å². The first-order valence-corrected chi connectivity index (χ1v) is 6.64. The van der Waals surface area contributed by atoms with Gasteiger partial charge in [-0.05, 0) is 49.8 Å². The number of ether oxygens (including phenoxy) is 1. The number of hydrogen-bond donors (Lipinski definition) is 0. The van der Waals surface area contributed by atoms with Crippen molar-refractivity contribution >= 4 is 0 Å². The Morgan fingerprint density at radius 2 is 1.62 bits per heavy atom. The molecule has 0 amide bonds. The van der Waals surface area contributed by atoms with Crippen molar-refractivity contribution < 1.29 is 4.74 Å². The third kappa shape index (κ3) is 3.88. The molecule has 0 radical (unpaired) electrons. The van der Waals surface area contributed by atoms with Crippen LogP contribution in [0.5, 0.6) is 5.75 Å². The van der Waals surface area contributed by atoms with Crippen LogP contribution < -0.4 is 4.74 Å². The lowest BCUT2D eigenvalue weighted by molar-refractivity contribution is 0.210. The fourth-order valence-corrected chi connectivity index (χ4v) is 2.00. The van der Waals surface area contributed by atoms with Gasteiger partial charge in [-0.3, -0.25) is 0 Å². The fourth-order valence-electron chi connectivity index (χ4n) is 2.00. The quantitative estimate of drug-likeness (QED) is 0.723. The summed E-state index contributed by atoms with van der Waals surface area (Å²) in [7, 11) is 0. The smallest absolute Gasteiger partial charge is 0.119 e. The van der Waals surface area contributed by atoms with Crippen molar-refractivity contribution in [3.05, 3.63) is 29.8 Å². The molecule has 0 spiro atoms. The Hall–Kier alpha value is -0.980. The van der Waals surface area contributed by atoms with E-state index < -0.39 is 0 Å². The normalized spacial score (nSPS) is 15.4. The Balaban J connectivity index is 0.000000606. The van der Waals surface area contributed by atoms with E-state index in [-0.39, 0.29) is 0 Å². The molecule has 0 unspecified atom stereocenters. The standard InChI is InChI=1S/C13H18O.C2H6/c1-2-11-7-9-13(10-8-11)14-12-5-3-4-6-12;1-2/h7-10,12H,2-6H2,1H3;1-2H3. The Kier molecular flexibility index (Phi) is 5.99. The molecule has 1 saturated carbocycles. The Morgan fingerprint density at radius 3 is 2.12 bits per heavy atom. The molecule has 0 saturated heterocycles. The van der Waals surface area contributed by atoms with E-state index in [0.29, 0.717) is 6.10 Å². The van der Waals surface area contributed by atoms with Crippen LogP contribution in [0.25, 0.3) is 0 Å². The summed E-state index contributed by atoms with van der Waals surface area (Å²) < 4.78 is 5.87. The van der Waals surface area contributed by atoms with Crippen LogP contribution in [0.15, 0.2) is 24.3 Å². The van der Waals surface area contributed by atoms with Gasteiger partial charge < -0.3 is 4.74 Å². The lowest BCUT2D eigenvalue weighted by Crippen LogP contribution is -2.10. The number of benzene rings is 1. The topological polar surface area (TPSA) is 9.23 Å². The maximum atomic E-state index is 5.87. The molecule has 1 aliphatic carbocycles. The first kappa shape index (κ1) is 13.1. The molecule has 0 aromatic heterocycles. The molecule has 1 aliphatic rings. The van der Waals surface area contributed by atoms with E-state index in [1.54, 1.807) is 0 Å². The Labute approximate surface area is 99.8 Å². The van der Waals surface area contributed by atoms with Crippen molar-refractivity contribution in [1.82, 2.24) is 0 Å². The molecule has 0 atom stereocenters. The molecule has 1 aromatic carbocycles. The minimum Gasteiger partial charge on any atom is -0.490 e. The highest BCUT2D eigenvalue weighted by molar-refractivity contribution is 5.27. The van der Waals surface area contributed by atoms with Crippen molar-refractivity contribution in [2.75, 3.05) is 0 Å². The Bertz CT molecular complexity index is 270. The van der Waals surface area contributed by atoms with Crippen LogP contribution in [-0.2, 0) is 6.42 Å². The SMILES string of the molecule is CC.CCc1ccc(OC2CCCC2)cc1. The summed E-state index contributed by atoms with van der Waals surface area (Å²) in [5.74, 6) is 1.04. The second-order valence-electron chi connectivity index (χ2n) is 4.02. The van der Waals surface area contributed by atoms with Crippen molar-refractivity contribution in [3.8, 4) is 5.75 Å². The van der Waals surface area contributed by atoms with Crippen LogP contribution in [0.4, 0.5) is 0 Å². The van der Waals surface area contributed by atoms with Crippen LogP contribution in [0.2, 0.25) is 0 Å². The van der Waals surface area contributed by atoms with Gasteiger partial charge in [0.05, 0.1) is 6.10 Å². The average molecular weight is 220 g/mol. The number of rotatable bonds is 3. The van der Waals surface area contributed by atoms with Gasteiger partial charge in [-0.2, -0.15) is 0 Å². The summed E-state index contributed by atoms with van der Waals surface area (Å²) in [6.07, 6.45) is 6.70. The maximum absolute atomic E-state index is 5.87. The lowest BCUT2D eigenvalue weighted by Gasteiger charge is -2.12. The third-order valence-corrected chi connectivity index (χ3v) is 2.94. The second kappa shape index (κ2) is 7.32. The minimum absolute atomic E-state index is 0.475. The summed E-state index contributed by atoms with van der Waals surface area (Å²) in [4.78, 5) is 0. The van der Waals surface area contributed by atoms with E-state index in [1.165, 1.54) is 31.2 Å². The number of hydrogen-bond acceptors (Lipinski definition) is 1. The molecule has 0 bridgehead atoms. The van der Waals surface area contributed by atoms with E-state index >= 15 is 0 Å². The molecule has 16 heavy (non-hydrogen) atoms. The highest BCUT2D eigenvalue weighted by Gasteiger charge is 2.15. The highest BCUT2D eigenvalue weighted by atomic mass is 16.5. The van der Waals surface area contributed by atoms with Crippen LogP contribution in [0.3, 0.4) is 0 Å². The van der Waals surface area contributed by atoms with E-state index in [1.807, 2.05) is 13.8 Å². The van der Waals surface area contributed by atoms with Gasteiger partial charge in [-0.1, -0.05) is 32.9 Å². The average Bonchev–Trinajstić information content (AvgIpc) is 2.86. The molecule has 0 heterocycles. The zero-order valence-electron chi connectivity index (χ0n) is 10.8. The van der Waals surface area contributed by atoms with Crippen LogP contribution in [0.1, 0.15) is 52.0 Å². The minimum atomic E-state index is 0.475. The van der Waals surface area contributed by atoms with Gasteiger partial charge in [-0.25, -0.2) is 0 Å². The Morgan fingerprint density at radius 1 is 1.06 bits per heavy atom. The fraction of sp³-hybridized carbons (Fsp3) is 0.600. The highest BCUT2D eigenvalue weighted by Crippen LogP contribution is 2.24. The van der Waals surface area contributed by atoms with Crippen molar-refractivity contribution in [2.24, 2.45) is 0 Å². The predicted molar refractivity (Wildman–Crippen MR) is 70.1 cm³/mol. The number of aryl methyl sites for hydroxylation is 1. The first-order valence-electron chi connectivity index (χ1n) is 6.64. The lowest BCUT2D eigenvalue weighted by atomic mass is 10.2. The van der Waals surface area contributed by atoms with E-state index in [2.05, 4.69) is 31.2 Å². The van der Waals surface area contributed by atoms with Gasteiger partial charge in [0.15, 0.2) is 0 Å². The van der Waals surface area contributed by atoms with Crippen molar-refractivity contribution in [2.45, 2.75) is 59.0 Å². The van der Waals surface area contributed by atoms with E-state index in [0.717, 1.165) is 12.2 Å². The van der Waals surface area contributed by atoms with Crippen LogP contribution in [0, 0.1) is 0 Å². The summed E-state index contributed by atoms with van der Waals surface area (Å²) in [6.45, 7) is 6.17. The molecule has 0 aliphatic heterocycles. The molecule has 90 valence electrons. The molecule has 1 fully saturated rings. The molecular formula is C15H24O. The zero-order valence-corrected chi connectivity index (χ0v) is 10.8. The molecular weight excluding hydrogens is 196 g/mol. The molecule has 0 N–H and O–H groups in total.